The fourth-order valence-electron chi connectivity index (χ4n) is 9.36. The molecular weight excluding hydrogens is 1180 g/mol. The lowest BCUT2D eigenvalue weighted by Crippen LogP contribution is -2.41. The second kappa shape index (κ2) is 27.2. The largest absolute Gasteiger partial charge is 0.444 e. The SMILES string of the molecule is CC(=O)Nn1c([C@@H]2CCCN2C(=O)OC(C)(C)C)nc(-c2ccc(C(=O)Nc3cc(C)ccn3)cc2)c1C(C)=O.CC(=O)c1c(-c2ccc(C(=O)Nc3cc(C)ccn3)cc2)nc([C@@H]2CCCN2C(=O)OC(C)(C)C)n1N(C)C(C)=O.CI. The normalized spacial score (nSPS) is 14.7. The monoisotopic (exact) mass is 1250 g/mol. The Kier molecular flexibility index (Phi) is 20.9. The average Bonchev–Trinajstić information content (AvgIpc) is 2.54. The molecule has 22 nitrogen and oxygen atoms in total. The molecular formula is C60H73IN12O10. The van der Waals surface area contributed by atoms with Crippen LogP contribution in [0.1, 0.15) is 171 Å². The van der Waals surface area contributed by atoms with E-state index >= 15 is 0 Å². The third-order valence-electron chi connectivity index (χ3n) is 13.0. The average molecular weight is 1250 g/mol. The summed E-state index contributed by atoms with van der Waals surface area (Å²) < 4.78 is 14.1. The first-order chi connectivity index (χ1) is 39.1. The van der Waals surface area contributed by atoms with Gasteiger partial charge in [0.2, 0.25) is 11.8 Å². The number of aromatic nitrogens is 6. The molecule has 0 saturated carbocycles. The van der Waals surface area contributed by atoms with Crippen LogP contribution in [-0.4, -0.2) is 123 Å². The van der Waals surface area contributed by atoms with E-state index in [0.29, 0.717) is 95.7 Å². The molecule has 440 valence electrons. The number of aryl methyl sites for hydroxylation is 2. The number of rotatable bonds is 12. The number of halogens is 1. The Morgan fingerprint density at radius 3 is 1.36 bits per heavy atom. The minimum absolute atomic E-state index is 0.169. The fraction of sp³-hybridized carbons (Fsp3) is 0.400. The van der Waals surface area contributed by atoms with Gasteiger partial charge in [-0.25, -0.2) is 38.9 Å². The Hall–Kier alpha value is -8.35. The van der Waals surface area contributed by atoms with Gasteiger partial charge in [-0.05, 0) is 146 Å². The lowest BCUT2D eigenvalue weighted by Gasteiger charge is -2.30. The fourth-order valence-corrected chi connectivity index (χ4v) is 9.36. The van der Waals surface area contributed by atoms with Gasteiger partial charge in [-0.15, -0.1) is 0 Å². The second-order valence-electron chi connectivity index (χ2n) is 22.0. The van der Waals surface area contributed by atoms with Gasteiger partial charge in [-0.3, -0.25) is 49.0 Å². The van der Waals surface area contributed by atoms with Crippen molar-refractivity contribution in [3.63, 3.8) is 0 Å². The third-order valence-corrected chi connectivity index (χ3v) is 13.0. The number of pyridine rings is 2. The number of ether oxygens (including phenoxy) is 2. The molecule has 4 aromatic heterocycles. The molecule has 23 heteroatoms. The van der Waals surface area contributed by atoms with Crippen LogP contribution in [0, 0.1) is 13.8 Å². The zero-order valence-electron chi connectivity index (χ0n) is 49.5. The van der Waals surface area contributed by atoms with E-state index in [1.165, 1.54) is 42.1 Å². The molecule has 2 fully saturated rings. The van der Waals surface area contributed by atoms with Crippen molar-refractivity contribution in [1.82, 2.24) is 39.1 Å². The van der Waals surface area contributed by atoms with Crippen molar-refractivity contribution in [2.45, 2.75) is 132 Å². The zero-order chi connectivity index (χ0) is 61.2. The summed E-state index contributed by atoms with van der Waals surface area (Å²) in [4.78, 5) is 125. The maximum atomic E-state index is 13.1. The number of imidazole rings is 2. The van der Waals surface area contributed by atoms with E-state index < -0.39 is 41.4 Å². The number of Topliss-reactive ketones (excluding diaryl/α,β-unsaturated/α-hetero) is 2. The molecule has 83 heavy (non-hydrogen) atoms. The van der Waals surface area contributed by atoms with E-state index in [4.69, 9.17) is 19.4 Å². The van der Waals surface area contributed by atoms with Crippen LogP contribution in [0.4, 0.5) is 21.2 Å². The summed E-state index contributed by atoms with van der Waals surface area (Å²) in [5, 5.41) is 6.87. The number of nitrogens with one attached hydrogen (secondary N) is 3. The van der Waals surface area contributed by atoms with Gasteiger partial charge >= 0.3 is 12.2 Å². The topological polar surface area (TPSA) is 262 Å². The van der Waals surface area contributed by atoms with E-state index in [0.717, 1.165) is 11.1 Å². The summed E-state index contributed by atoms with van der Waals surface area (Å²) in [6, 6.07) is 19.5. The van der Waals surface area contributed by atoms with Gasteiger partial charge in [0.05, 0.1) is 12.1 Å². The molecule has 0 radical (unpaired) electrons. The zero-order valence-corrected chi connectivity index (χ0v) is 51.6. The predicted molar refractivity (Wildman–Crippen MR) is 324 cm³/mol. The number of carbonyl (C=O) groups is 8. The van der Waals surface area contributed by atoms with E-state index in [1.54, 1.807) is 131 Å². The highest BCUT2D eigenvalue weighted by molar-refractivity contribution is 14.1. The molecule has 6 amide bonds. The van der Waals surface area contributed by atoms with Crippen LogP contribution in [0.3, 0.4) is 0 Å². The molecule has 2 aliphatic rings. The number of carbonyl (C=O) groups excluding carboxylic acids is 8. The van der Waals surface area contributed by atoms with Gasteiger partial charge in [0.15, 0.2) is 23.2 Å². The molecule has 8 rings (SSSR count). The minimum Gasteiger partial charge on any atom is -0.444 e. The summed E-state index contributed by atoms with van der Waals surface area (Å²) >= 11 is 2.15. The lowest BCUT2D eigenvalue weighted by atomic mass is 10.1. The van der Waals surface area contributed by atoms with E-state index in [-0.39, 0.29) is 40.7 Å². The Balaban J connectivity index is 0.000000259. The van der Waals surface area contributed by atoms with Crippen molar-refractivity contribution in [2.24, 2.45) is 0 Å². The third kappa shape index (κ3) is 16.0. The van der Waals surface area contributed by atoms with Crippen LogP contribution < -0.4 is 21.1 Å². The molecule has 2 aliphatic heterocycles. The number of likely N-dealkylation sites (tertiary alicyclic amines) is 2. The van der Waals surface area contributed by atoms with Crippen LogP contribution in [0.2, 0.25) is 0 Å². The highest BCUT2D eigenvalue weighted by Gasteiger charge is 2.40. The quantitative estimate of drug-likeness (QED) is 0.0585. The number of hydrogen-bond donors (Lipinski definition) is 3. The van der Waals surface area contributed by atoms with Gasteiger partial charge in [-0.2, -0.15) is 0 Å². The van der Waals surface area contributed by atoms with Gasteiger partial charge < -0.3 is 20.1 Å². The van der Waals surface area contributed by atoms with Gasteiger partial charge in [0.1, 0.15) is 45.6 Å². The number of hydrogen-bond acceptors (Lipinski definition) is 14. The Labute approximate surface area is 497 Å². The number of amides is 6. The van der Waals surface area contributed by atoms with Crippen molar-refractivity contribution >= 4 is 81.6 Å². The van der Waals surface area contributed by atoms with E-state index in [9.17, 15) is 38.4 Å². The molecule has 3 N–H and O–H groups in total. The summed E-state index contributed by atoms with van der Waals surface area (Å²) in [6.07, 6.45) is 4.86. The first-order valence-electron chi connectivity index (χ1n) is 27.0. The van der Waals surface area contributed by atoms with Gasteiger partial charge in [-0.1, -0.05) is 46.9 Å². The van der Waals surface area contributed by atoms with Crippen LogP contribution in [-0.2, 0) is 19.1 Å². The van der Waals surface area contributed by atoms with Crippen molar-refractivity contribution in [3.05, 3.63) is 130 Å². The highest BCUT2D eigenvalue weighted by atomic mass is 127. The minimum atomic E-state index is -0.686. The maximum absolute atomic E-state index is 13.1. The smallest absolute Gasteiger partial charge is 0.410 e. The predicted octanol–water partition coefficient (Wildman–Crippen LogP) is 10.8. The van der Waals surface area contributed by atoms with Crippen molar-refractivity contribution in [1.29, 1.82) is 0 Å². The number of alkyl halides is 1. The molecule has 0 unspecified atom stereocenters. The Bertz CT molecular complexity index is 3400. The maximum Gasteiger partial charge on any atom is 0.410 e. The second-order valence-corrected chi connectivity index (χ2v) is 22.0. The van der Waals surface area contributed by atoms with Crippen molar-refractivity contribution in [2.75, 3.05) is 46.1 Å². The lowest BCUT2D eigenvalue weighted by molar-refractivity contribution is -0.118. The summed E-state index contributed by atoms with van der Waals surface area (Å²) in [6.45, 7) is 21.0. The van der Waals surface area contributed by atoms with Crippen LogP contribution >= 0.6 is 22.6 Å². The molecule has 0 bridgehead atoms. The molecule has 6 heterocycles. The summed E-state index contributed by atoms with van der Waals surface area (Å²) in [7, 11) is 1.56. The first-order valence-corrected chi connectivity index (χ1v) is 29.1. The summed E-state index contributed by atoms with van der Waals surface area (Å²) in [5.41, 5.74) is 6.27. The molecule has 2 saturated heterocycles. The number of ketones is 2. The van der Waals surface area contributed by atoms with Crippen molar-refractivity contribution in [3.8, 4) is 22.5 Å². The van der Waals surface area contributed by atoms with Crippen LogP contribution in [0.25, 0.3) is 22.5 Å². The molecule has 2 atom stereocenters. The van der Waals surface area contributed by atoms with E-state index in [2.05, 4.69) is 48.6 Å². The molecule has 0 aliphatic carbocycles. The number of anilines is 2. The first kappa shape index (κ1) is 63.8. The summed E-state index contributed by atoms with van der Waals surface area (Å²) in [5.74, 6) is -0.370. The van der Waals surface area contributed by atoms with Crippen LogP contribution in [0.15, 0.2) is 85.2 Å². The van der Waals surface area contributed by atoms with E-state index in [1.807, 2.05) is 30.9 Å². The standard InChI is InChI=1S/C30H36N6O5.C29H34N6O5.CH3I/c1-18-14-15-31-24(17-18)32-28(39)22-12-10-21(11-13-22)25-26(19(2)37)36(34(7)20(3)38)27(33-25)23-9-8-16-35(23)29(40)41-30(4,5)6;1-17-13-14-30-23(16-17)31-27(38)21-11-9-20(10-12-21)24-25(18(2)36)35(33-19(3)37)26(32-24)22-8-7-15-34(22)28(39)40-29(4,5)6;1-2/h10-15,17,23H,8-9,16H2,1-7H3,(H,31,32,39);9-14,16,22H,7-8,15H2,1-6H3,(H,33,37)(H,30,31,38);1H3/t23-;22-;/m00./s1. The van der Waals surface area contributed by atoms with Gasteiger partial charge in [0.25, 0.3) is 11.8 Å². The van der Waals surface area contributed by atoms with Crippen LogP contribution in [0.5, 0.6) is 0 Å². The molecule has 0 spiro atoms. The van der Waals surface area contributed by atoms with Crippen molar-refractivity contribution < 1.29 is 47.8 Å². The number of nitrogens with zero attached hydrogens (tertiary/aromatic N) is 9. The molecule has 6 aromatic rings. The Morgan fingerprint density at radius 1 is 0.590 bits per heavy atom. The molecule has 2 aromatic carbocycles. The Morgan fingerprint density at radius 2 is 0.988 bits per heavy atom. The highest BCUT2D eigenvalue weighted by Crippen LogP contribution is 2.38. The number of benzene rings is 2. The van der Waals surface area contributed by atoms with Gasteiger partial charge in [0, 0.05) is 82.5 Å².